The van der Waals surface area contributed by atoms with E-state index in [-0.39, 0.29) is 12.6 Å². The average molecular weight is 379 g/mol. The maximum atomic E-state index is 12.0. The molecule has 1 N–H and O–H groups in total. The molecule has 136 valence electrons. The van der Waals surface area contributed by atoms with Gasteiger partial charge in [-0.2, -0.15) is 0 Å². The van der Waals surface area contributed by atoms with Gasteiger partial charge in [-0.05, 0) is 37.6 Å². The predicted octanol–water partition coefficient (Wildman–Crippen LogP) is 2.95. The number of aromatic nitrogens is 1. The molecule has 2 aromatic rings. The first-order valence-corrected chi connectivity index (χ1v) is 8.02. The van der Waals surface area contributed by atoms with E-state index in [1.807, 2.05) is 0 Å². The highest BCUT2D eigenvalue weighted by Crippen LogP contribution is 2.40. The SMILES string of the molecule is Cc1cc(NC(=O)[C@H](C)OC(=O)/C=C/c2cc(Cl)c3c(c2)OCO3)no1. The van der Waals surface area contributed by atoms with Crippen LogP contribution in [0.1, 0.15) is 18.2 Å². The lowest BCUT2D eigenvalue weighted by molar-refractivity contribution is -0.148. The number of benzene rings is 1. The van der Waals surface area contributed by atoms with Gasteiger partial charge in [0.05, 0.1) is 5.02 Å². The van der Waals surface area contributed by atoms with Gasteiger partial charge in [-0.25, -0.2) is 4.79 Å². The van der Waals surface area contributed by atoms with Crippen molar-refractivity contribution < 1.29 is 28.3 Å². The molecule has 8 nitrogen and oxygen atoms in total. The maximum Gasteiger partial charge on any atom is 0.331 e. The van der Waals surface area contributed by atoms with Crippen LogP contribution in [0.5, 0.6) is 11.5 Å². The Kier molecular flexibility index (Phi) is 5.13. The highest BCUT2D eigenvalue weighted by Gasteiger charge is 2.19. The van der Waals surface area contributed by atoms with Crippen LogP contribution in [0.25, 0.3) is 6.08 Å². The van der Waals surface area contributed by atoms with Crippen molar-refractivity contribution in [3.05, 3.63) is 40.6 Å². The largest absolute Gasteiger partial charge is 0.454 e. The van der Waals surface area contributed by atoms with Crippen molar-refractivity contribution in [1.29, 1.82) is 0 Å². The van der Waals surface area contributed by atoms with E-state index in [0.29, 0.717) is 27.8 Å². The van der Waals surface area contributed by atoms with Gasteiger partial charge < -0.3 is 24.1 Å². The monoisotopic (exact) mass is 378 g/mol. The number of hydrogen-bond acceptors (Lipinski definition) is 7. The number of fused-ring (bicyclic) bond motifs is 1. The van der Waals surface area contributed by atoms with Crippen molar-refractivity contribution in [2.24, 2.45) is 0 Å². The van der Waals surface area contributed by atoms with E-state index in [0.717, 1.165) is 0 Å². The van der Waals surface area contributed by atoms with E-state index in [9.17, 15) is 9.59 Å². The summed E-state index contributed by atoms with van der Waals surface area (Å²) in [5.41, 5.74) is 0.631. The lowest BCUT2D eigenvalue weighted by Crippen LogP contribution is -2.29. The minimum Gasteiger partial charge on any atom is -0.454 e. The predicted molar refractivity (Wildman–Crippen MR) is 92.0 cm³/mol. The summed E-state index contributed by atoms with van der Waals surface area (Å²) >= 11 is 6.07. The molecule has 1 aromatic carbocycles. The zero-order chi connectivity index (χ0) is 18.7. The lowest BCUT2D eigenvalue weighted by atomic mass is 10.2. The van der Waals surface area contributed by atoms with E-state index >= 15 is 0 Å². The molecule has 2 heterocycles. The number of nitrogens with zero attached hydrogens (tertiary/aromatic N) is 1. The Bertz CT molecular complexity index is 876. The Balaban J connectivity index is 1.57. The Morgan fingerprint density at radius 1 is 1.35 bits per heavy atom. The number of rotatable bonds is 5. The van der Waals surface area contributed by atoms with Gasteiger partial charge in [0, 0.05) is 12.1 Å². The summed E-state index contributed by atoms with van der Waals surface area (Å²) in [5.74, 6) is 0.570. The van der Waals surface area contributed by atoms with Gasteiger partial charge in [0.15, 0.2) is 23.4 Å². The van der Waals surface area contributed by atoms with Crippen molar-refractivity contribution in [2.45, 2.75) is 20.0 Å². The van der Waals surface area contributed by atoms with Crippen LogP contribution in [-0.2, 0) is 14.3 Å². The first-order valence-electron chi connectivity index (χ1n) is 7.64. The first kappa shape index (κ1) is 17.8. The molecule has 0 aliphatic carbocycles. The fourth-order valence-electron chi connectivity index (χ4n) is 2.17. The van der Waals surface area contributed by atoms with E-state index in [4.69, 9.17) is 30.3 Å². The number of carbonyl (C=O) groups is 2. The highest BCUT2D eigenvalue weighted by atomic mass is 35.5. The number of hydrogen-bond donors (Lipinski definition) is 1. The van der Waals surface area contributed by atoms with Crippen LogP contribution in [0, 0.1) is 6.92 Å². The summed E-state index contributed by atoms with van der Waals surface area (Å²) in [6, 6.07) is 4.86. The minimum absolute atomic E-state index is 0.0991. The van der Waals surface area contributed by atoms with Gasteiger partial charge in [-0.1, -0.05) is 16.8 Å². The number of carbonyl (C=O) groups excluding carboxylic acids is 2. The number of ether oxygens (including phenoxy) is 3. The van der Waals surface area contributed by atoms with Gasteiger partial charge in [0.2, 0.25) is 6.79 Å². The van der Waals surface area contributed by atoms with Gasteiger partial charge in [0.1, 0.15) is 5.76 Å². The summed E-state index contributed by atoms with van der Waals surface area (Å²) in [5, 5.41) is 6.50. The maximum absolute atomic E-state index is 12.0. The molecule has 3 rings (SSSR count). The smallest absolute Gasteiger partial charge is 0.331 e. The first-order chi connectivity index (χ1) is 12.4. The molecule has 1 atom stereocenters. The third kappa shape index (κ3) is 4.15. The molecule has 0 unspecified atom stereocenters. The Morgan fingerprint density at radius 2 is 2.15 bits per heavy atom. The van der Waals surface area contributed by atoms with E-state index in [2.05, 4.69) is 10.5 Å². The summed E-state index contributed by atoms with van der Waals surface area (Å²) in [4.78, 5) is 23.9. The second-order valence-electron chi connectivity index (χ2n) is 5.46. The van der Waals surface area contributed by atoms with Gasteiger partial charge >= 0.3 is 5.97 Å². The standard InChI is InChI=1S/C17H15ClN2O6/c1-9-5-14(20-26-9)19-17(22)10(2)25-15(21)4-3-11-6-12(18)16-13(7-11)23-8-24-16/h3-7,10H,8H2,1-2H3,(H,19,20,22)/b4-3+/t10-/m0/s1. The molecular weight excluding hydrogens is 364 g/mol. The van der Waals surface area contributed by atoms with Crippen LogP contribution in [0.15, 0.2) is 28.8 Å². The van der Waals surface area contributed by atoms with Crippen LogP contribution in [-0.4, -0.2) is 29.9 Å². The number of nitrogens with one attached hydrogen (secondary N) is 1. The van der Waals surface area contributed by atoms with Crippen LogP contribution in [0.4, 0.5) is 5.82 Å². The Morgan fingerprint density at radius 3 is 2.88 bits per heavy atom. The van der Waals surface area contributed by atoms with E-state index < -0.39 is 18.0 Å². The topological polar surface area (TPSA) is 99.9 Å². The van der Waals surface area contributed by atoms with Crippen molar-refractivity contribution in [1.82, 2.24) is 5.16 Å². The molecule has 0 saturated heterocycles. The number of esters is 1. The minimum atomic E-state index is -1.01. The normalized spacial score (nSPS) is 13.7. The Hall–Kier alpha value is -3.00. The Labute approximate surface area is 153 Å². The van der Waals surface area contributed by atoms with Crippen molar-refractivity contribution in [2.75, 3.05) is 12.1 Å². The number of amides is 1. The molecule has 0 fully saturated rings. The summed E-state index contributed by atoms with van der Waals surface area (Å²) < 4.78 is 20.4. The molecular formula is C17H15ClN2O6. The summed E-state index contributed by atoms with van der Waals surface area (Å²) in [7, 11) is 0. The van der Waals surface area contributed by atoms with E-state index in [1.165, 1.54) is 19.1 Å². The van der Waals surface area contributed by atoms with Crippen molar-refractivity contribution in [3.63, 3.8) is 0 Å². The van der Waals surface area contributed by atoms with Crippen LogP contribution in [0.2, 0.25) is 5.02 Å². The quantitative estimate of drug-likeness (QED) is 0.630. The highest BCUT2D eigenvalue weighted by molar-refractivity contribution is 6.32. The van der Waals surface area contributed by atoms with E-state index in [1.54, 1.807) is 25.1 Å². The summed E-state index contributed by atoms with van der Waals surface area (Å²) in [6.07, 6.45) is 1.68. The molecule has 1 amide bonds. The second-order valence-corrected chi connectivity index (χ2v) is 5.87. The van der Waals surface area contributed by atoms with Gasteiger partial charge in [-0.3, -0.25) is 4.79 Å². The van der Waals surface area contributed by atoms with Gasteiger partial charge in [-0.15, -0.1) is 0 Å². The molecule has 1 aromatic heterocycles. The van der Waals surface area contributed by atoms with Crippen LogP contribution in [0.3, 0.4) is 0 Å². The average Bonchev–Trinajstić information content (AvgIpc) is 3.22. The zero-order valence-corrected chi connectivity index (χ0v) is 14.7. The molecule has 26 heavy (non-hydrogen) atoms. The fraction of sp³-hybridized carbons (Fsp3) is 0.235. The third-order valence-corrected chi connectivity index (χ3v) is 3.68. The molecule has 0 spiro atoms. The lowest BCUT2D eigenvalue weighted by Gasteiger charge is -2.10. The van der Waals surface area contributed by atoms with Crippen molar-refractivity contribution in [3.8, 4) is 11.5 Å². The molecule has 9 heteroatoms. The molecule has 0 bridgehead atoms. The van der Waals surface area contributed by atoms with Crippen molar-refractivity contribution >= 4 is 35.4 Å². The molecule has 0 radical (unpaired) electrons. The number of aryl methyl sites for hydroxylation is 1. The number of anilines is 1. The summed E-state index contributed by atoms with van der Waals surface area (Å²) in [6.45, 7) is 3.24. The van der Waals surface area contributed by atoms with Crippen LogP contribution >= 0.6 is 11.6 Å². The zero-order valence-electron chi connectivity index (χ0n) is 13.9. The molecule has 0 saturated carbocycles. The number of halogens is 1. The van der Waals surface area contributed by atoms with Gasteiger partial charge in [0.25, 0.3) is 5.91 Å². The third-order valence-electron chi connectivity index (χ3n) is 3.40. The second kappa shape index (κ2) is 7.49. The molecule has 1 aliphatic heterocycles. The molecule has 1 aliphatic rings. The van der Waals surface area contributed by atoms with Crippen LogP contribution < -0.4 is 14.8 Å². The fourth-order valence-corrected chi connectivity index (χ4v) is 2.44.